The van der Waals surface area contributed by atoms with Gasteiger partial charge in [-0.1, -0.05) is 97.1 Å². The topological polar surface area (TPSA) is 48.0 Å². The molecule has 46 heavy (non-hydrogen) atoms. The van der Waals surface area contributed by atoms with Gasteiger partial charge in [0.05, 0.1) is 33.1 Å². The second-order valence-corrected chi connectivity index (χ2v) is 12.0. The average Bonchev–Trinajstić information content (AvgIpc) is 3.76. The lowest BCUT2D eigenvalue weighted by Crippen LogP contribution is -2.04. The van der Waals surface area contributed by atoms with Crippen LogP contribution < -0.4 is 0 Å². The first kappa shape index (κ1) is 24.0. The van der Waals surface area contributed by atoms with Crippen molar-refractivity contribution in [2.75, 3.05) is 0 Å². The zero-order valence-corrected chi connectivity index (χ0v) is 24.5. The molecule has 6 aromatic carbocycles. The van der Waals surface area contributed by atoms with Crippen molar-refractivity contribution in [3.8, 4) is 17.2 Å². The van der Waals surface area contributed by atoms with Crippen molar-refractivity contribution in [3.05, 3.63) is 140 Å². The van der Waals surface area contributed by atoms with Gasteiger partial charge in [-0.15, -0.1) is 0 Å². The van der Waals surface area contributed by atoms with Crippen LogP contribution in [0.1, 0.15) is 0 Å². The van der Waals surface area contributed by atoms with Crippen LogP contribution in [0.5, 0.6) is 0 Å². The van der Waals surface area contributed by atoms with E-state index >= 15 is 0 Å². The quantitative estimate of drug-likeness (QED) is 0.203. The van der Waals surface area contributed by atoms with Crippen molar-refractivity contribution in [2.45, 2.75) is 0 Å². The molecule has 11 rings (SSSR count). The van der Waals surface area contributed by atoms with Crippen molar-refractivity contribution in [1.29, 1.82) is 0 Å². The van der Waals surface area contributed by atoms with Crippen molar-refractivity contribution in [1.82, 2.24) is 23.9 Å². The van der Waals surface area contributed by atoms with Crippen LogP contribution in [0.25, 0.3) is 98.9 Å². The van der Waals surface area contributed by atoms with E-state index in [0.29, 0.717) is 5.95 Å². The first-order valence-corrected chi connectivity index (χ1v) is 15.6. The summed E-state index contributed by atoms with van der Waals surface area (Å²) in [6, 6.07) is 47.4. The van der Waals surface area contributed by atoms with Gasteiger partial charge in [0.1, 0.15) is 11.2 Å². The van der Waals surface area contributed by atoms with Crippen LogP contribution in [-0.4, -0.2) is 23.9 Å². The van der Waals surface area contributed by atoms with E-state index in [0.717, 1.165) is 33.3 Å². The van der Waals surface area contributed by atoms with Gasteiger partial charge < -0.3 is 4.40 Å². The first-order chi connectivity index (χ1) is 22.8. The molecule has 0 spiro atoms. The Balaban J connectivity index is 1.40. The number of rotatable bonds is 2. The van der Waals surface area contributed by atoms with Crippen LogP contribution in [-0.2, 0) is 0 Å². The zero-order valence-electron chi connectivity index (χ0n) is 24.5. The summed E-state index contributed by atoms with van der Waals surface area (Å²) in [6.07, 6.45) is 1.81. The number of nitrogens with zero attached hydrogens (tertiary/aromatic N) is 5. The molecule has 0 aliphatic heterocycles. The Kier molecular flexibility index (Phi) is 4.52. The molecular formula is C41H23N5. The molecule has 0 aliphatic rings. The van der Waals surface area contributed by atoms with Gasteiger partial charge in [-0.3, -0.25) is 9.55 Å². The Labute approximate surface area is 261 Å². The van der Waals surface area contributed by atoms with Gasteiger partial charge >= 0.3 is 0 Å². The standard InChI is InChI=1S/C41H23N5/c1-2-12-25(13-3-1)38-39-30(17-10-22-42-39)43-41(44-38)46-32-19-9-7-16-28(32)36-34(46)23-29-27-15-6-8-18-31(27)45-33-21-20-24-11-4-5-14-26(24)35(33)37(36)40(29)45/h1-23H. The van der Waals surface area contributed by atoms with Crippen LogP contribution in [0.15, 0.2) is 140 Å². The summed E-state index contributed by atoms with van der Waals surface area (Å²) in [5.41, 5.74) is 9.32. The average molecular weight is 586 g/mol. The summed E-state index contributed by atoms with van der Waals surface area (Å²) >= 11 is 0. The van der Waals surface area contributed by atoms with E-state index in [1.54, 1.807) is 0 Å². The smallest absolute Gasteiger partial charge is 0.235 e. The third-order valence-electron chi connectivity index (χ3n) is 9.68. The fourth-order valence-corrected chi connectivity index (χ4v) is 7.84. The van der Waals surface area contributed by atoms with Crippen LogP contribution in [0, 0.1) is 0 Å². The molecule has 5 nitrogen and oxygen atoms in total. The summed E-state index contributed by atoms with van der Waals surface area (Å²) in [5.74, 6) is 0.636. The predicted octanol–water partition coefficient (Wildman–Crippen LogP) is 10.1. The van der Waals surface area contributed by atoms with E-state index in [-0.39, 0.29) is 0 Å². The zero-order chi connectivity index (χ0) is 29.9. The van der Waals surface area contributed by atoms with E-state index in [9.17, 15) is 0 Å². The van der Waals surface area contributed by atoms with Gasteiger partial charge in [0, 0.05) is 44.1 Å². The second-order valence-electron chi connectivity index (χ2n) is 12.0. The number of aromatic nitrogens is 5. The van der Waals surface area contributed by atoms with Gasteiger partial charge in [0.25, 0.3) is 0 Å². The highest BCUT2D eigenvalue weighted by molar-refractivity contribution is 6.38. The summed E-state index contributed by atoms with van der Waals surface area (Å²) in [4.78, 5) is 15.2. The van der Waals surface area contributed by atoms with E-state index < -0.39 is 0 Å². The molecule has 212 valence electrons. The molecular weight excluding hydrogens is 562 g/mol. The minimum Gasteiger partial charge on any atom is -0.308 e. The predicted molar refractivity (Wildman–Crippen MR) is 189 cm³/mol. The molecule has 0 aliphatic carbocycles. The van der Waals surface area contributed by atoms with E-state index in [1.165, 1.54) is 59.6 Å². The van der Waals surface area contributed by atoms with Crippen molar-refractivity contribution in [3.63, 3.8) is 0 Å². The summed E-state index contributed by atoms with van der Waals surface area (Å²) in [5, 5.41) is 9.93. The highest BCUT2D eigenvalue weighted by Crippen LogP contribution is 2.48. The van der Waals surface area contributed by atoms with Gasteiger partial charge in [-0.2, -0.15) is 0 Å². The number of pyridine rings is 1. The molecule has 11 aromatic rings. The molecule has 5 heterocycles. The number of hydrogen-bond donors (Lipinski definition) is 0. The molecule has 5 heteroatoms. The fraction of sp³-hybridized carbons (Fsp3) is 0. The molecule has 0 bridgehead atoms. The van der Waals surface area contributed by atoms with Crippen LogP contribution in [0.4, 0.5) is 0 Å². The van der Waals surface area contributed by atoms with Crippen LogP contribution in [0.3, 0.4) is 0 Å². The summed E-state index contributed by atoms with van der Waals surface area (Å²) in [6.45, 7) is 0. The number of para-hydroxylation sites is 2. The van der Waals surface area contributed by atoms with E-state index in [1.807, 2.05) is 36.5 Å². The summed E-state index contributed by atoms with van der Waals surface area (Å²) in [7, 11) is 0. The summed E-state index contributed by atoms with van der Waals surface area (Å²) < 4.78 is 4.73. The molecule has 0 atom stereocenters. The third-order valence-corrected chi connectivity index (χ3v) is 9.68. The minimum absolute atomic E-state index is 0.636. The van der Waals surface area contributed by atoms with Gasteiger partial charge in [-0.05, 0) is 47.2 Å². The van der Waals surface area contributed by atoms with Crippen LogP contribution in [0.2, 0.25) is 0 Å². The van der Waals surface area contributed by atoms with E-state index in [2.05, 4.69) is 112 Å². The highest BCUT2D eigenvalue weighted by atomic mass is 15.2. The molecule has 5 aromatic heterocycles. The lowest BCUT2D eigenvalue weighted by Gasteiger charge is -2.11. The molecule has 0 saturated carbocycles. The Morgan fingerprint density at radius 1 is 0.478 bits per heavy atom. The highest BCUT2D eigenvalue weighted by Gasteiger charge is 2.26. The van der Waals surface area contributed by atoms with Crippen molar-refractivity contribution >= 4 is 81.7 Å². The maximum atomic E-state index is 5.29. The second kappa shape index (κ2) is 8.65. The lowest BCUT2D eigenvalue weighted by atomic mass is 9.98. The maximum absolute atomic E-state index is 5.29. The largest absolute Gasteiger partial charge is 0.308 e. The van der Waals surface area contributed by atoms with Gasteiger partial charge in [0.2, 0.25) is 5.95 Å². The molecule has 0 amide bonds. The fourth-order valence-electron chi connectivity index (χ4n) is 7.84. The van der Waals surface area contributed by atoms with Crippen molar-refractivity contribution in [2.24, 2.45) is 0 Å². The SMILES string of the molecule is c1ccc(-c2nc(-n3c4ccccc4c4c5c6c7ccccc7ccc6n6c7ccccc7c(cc43)c56)nc3cccnc23)cc1. The van der Waals surface area contributed by atoms with E-state index in [4.69, 9.17) is 15.0 Å². The van der Waals surface area contributed by atoms with Gasteiger partial charge in [-0.25, -0.2) is 9.97 Å². The number of benzene rings is 6. The normalized spacial score (nSPS) is 12.3. The maximum Gasteiger partial charge on any atom is 0.235 e. The number of fused-ring (bicyclic) bond motifs is 13. The van der Waals surface area contributed by atoms with Gasteiger partial charge in [0.15, 0.2) is 0 Å². The molecule has 0 saturated heterocycles. The Morgan fingerprint density at radius 2 is 1.22 bits per heavy atom. The number of hydrogen-bond acceptors (Lipinski definition) is 3. The molecule has 0 radical (unpaired) electrons. The monoisotopic (exact) mass is 585 g/mol. The third kappa shape index (κ3) is 2.97. The first-order valence-electron chi connectivity index (χ1n) is 15.6. The molecule has 0 N–H and O–H groups in total. The lowest BCUT2D eigenvalue weighted by molar-refractivity contribution is 1.01. The Hall–Kier alpha value is -6.33. The Morgan fingerprint density at radius 3 is 2.11 bits per heavy atom. The Bertz CT molecular complexity index is 3020. The molecule has 0 fully saturated rings. The van der Waals surface area contributed by atoms with Crippen molar-refractivity contribution < 1.29 is 0 Å². The van der Waals surface area contributed by atoms with Crippen LogP contribution >= 0.6 is 0 Å². The minimum atomic E-state index is 0.636. The molecule has 0 unspecified atom stereocenters.